The van der Waals surface area contributed by atoms with Gasteiger partial charge in [-0.15, -0.1) is 0 Å². The molecule has 1 heterocycles. The maximum absolute atomic E-state index is 6.32. The largest absolute Gasteiger partial charge is 0.482 e. The number of hydrogen-bond donors (Lipinski definition) is 0. The van der Waals surface area contributed by atoms with E-state index in [2.05, 4.69) is 77.0 Å². The lowest BCUT2D eigenvalue weighted by Crippen LogP contribution is -2.31. The topological polar surface area (TPSA) is 12.5 Å². The molecule has 0 aromatic heterocycles. The van der Waals surface area contributed by atoms with Crippen LogP contribution >= 0.6 is 0 Å². The van der Waals surface area contributed by atoms with Gasteiger partial charge in [-0.2, -0.15) is 0 Å². The number of aryl methyl sites for hydroxylation is 1. The molecule has 2 heteroatoms. The molecule has 0 spiro atoms. The van der Waals surface area contributed by atoms with Crippen LogP contribution < -0.4 is 9.64 Å². The van der Waals surface area contributed by atoms with E-state index >= 15 is 0 Å². The van der Waals surface area contributed by atoms with E-state index in [-0.39, 0.29) is 5.60 Å². The molecular formula is C19H23NO. The van der Waals surface area contributed by atoms with Crippen LogP contribution in [0.25, 0.3) is 11.1 Å². The second-order valence-corrected chi connectivity index (χ2v) is 6.59. The SMILES string of the molecule is Cc1cccc2c1-c1ccc(N(C)C)c(C)c1C(C)(C)O2. The van der Waals surface area contributed by atoms with Crippen molar-refractivity contribution in [2.75, 3.05) is 19.0 Å². The van der Waals surface area contributed by atoms with Crippen LogP contribution in [0, 0.1) is 13.8 Å². The first-order valence-electron chi connectivity index (χ1n) is 7.43. The highest BCUT2D eigenvalue weighted by molar-refractivity contribution is 5.82. The lowest BCUT2D eigenvalue weighted by molar-refractivity contribution is 0.105. The summed E-state index contributed by atoms with van der Waals surface area (Å²) >= 11 is 0. The van der Waals surface area contributed by atoms with Gasteiger partial charge in [0.15, 0.2) is 0 Å². The van der Waals surface area contributed by atoms with Gasteiger partial charge in [-0.1, -0.05) is 18.2 Å². The summed E-state index contributed by atoms with van der Waals surface area (Å²) in [5.41, 5.74) is 7.35. The predicted octanol–water partition coefficient (Wildman–Crippen LogP) is 4.66. The Bertz CT molecular complexity index is 714. The molecule has 2 aromatic rings. The van der Waals surface area contributed by atoms with Gasteiger partial charge in [0.2, 0.25) is 0 Å². The van der Waals surface area contributed by atoms with Gasteiger partial charge < -0.3 is 9.64 Å². The van der Waals surface area contributed by atoms with Crippen LogP contribution in [0.3, 0.4) is 0 Å². The standard InChI is InChI=1S/C19H23NO/c1-12-8-7-9-16-17(12)14-10-11-15(20(5)6)13(2)18(14)19(3,4)21-16/h7-11H,1-6H3. The summed E-state index contributed by atoms with van der Waals surface area (Å²) in [6.45, 7) is 8.66. The van der Waals surface area contributed by atoms with E-state index in [4.69, 9.17) is 4.74 Å². The predicted molar refractivity (Wildman–Crippen MR) is 89.3 cm³/mol. The Labute approximate surface area is 127 Å². The second kappa shape index (κ2) is 4.52. The Balaban J connectivity index is 2.37. The summed E-state index contributed by atoms with van der Waals surface area (Å²) in [4.78, 5) is 2.17. The number of fused-ring (bicyclic) bond motifs is 3. The summed E-state index contributed by atoms with van der Waals surface area (Å²) in [5.74, 6) is 0.990. The van der Waals surface area contributed by atoms with E-state index in [1.165, 1.54) is 33.5 Å². The molecule has 21 heavy (non-hydrogen) atoms. The van der Waals surface area contributed by atoms with Crippen molar-refractivity contribution >= 4 is 5.69 Å². The third-order valence-corrected chi connectivity index (χ3v) is 4.39. The minimum Gasteiger partial charge on any atom is -0.482 e. The first-order valence-corrected chi connectivity index (χ1v) is 7.43. The Kier molecular flexibility index (Phi) is 3.01. The summed E-state index contributed by atoms with van der Waals surface area (Å²) in [6.07, 6.45) is 0. The van der Waals surface area contributed by atoms with Crippen LogP contribution in [-0.2, 0) is 5.60 Å². The van der Waals surface area contributed by atoms with Crippen LogP contribution in [0.15, 0.2) is 30.3 Å². The fourth-order valence-corrected chi connectivity index (χ4v) is 3.57. The second-order valence-electron chi connectivity index (χ2n) is 6.59. The fraction of sp³-hybridized carbons (Fsp3) is 0.368. The molecule has 3 rings (SSSR count). The first kappa shape index (κ1) is 14.0. The Hall–Kier alpha value is -1.96. The maximum atomic E-state index is 6.32. The van der Waals surface area contributed by atoms with Gasteiger partial charge in [-0.05, 0) is 56.5 Å². The fourth-order valence-electron chi connectivity index (χ4n) is 3.57. The first-order chi connectivity index (χ1) is 9.83. The van der Waals surface area contributed by atoms with Crippen molar-refractivity contribution in [3.8, 4) is 16.9 Å². The molecule has 110 valence electrons. The van der Waals surface area contributed by atoms with E-state index < -0.39 is 0 Å². The molecule has 1 aliphatic rings. The highest BCUT2D eigenvalue weighted by Gasteiger charge is 2.35. The van der Waals surface area contributed by atoms with Crippen LogP contribution in [0.5, 0.6) is 5.75 Å². The van der Waals surface area contributed by atoms with Gasteiger partial charge >= 0.3 is 0 Å². The summed E-state index contributed by atoms with van der Waals surface area (Å²) < 4.78 is 6.32. The van der Waals surface area contributed by atoms with Crippen LogP contribution in [0.2, 0.25) is 0 Å². The molecule has 0 fully saturated rings. The van der Waals surface area contributed by atoms with E-state index in [1.54, 1.807) is 0 Å². The molecule has 0 atom stereocenters. The van der Waals surface area contributed by atoms with Crippen molar-refractivity contribution in [3.63, 3.8) is 0 Å². The van der Waals surface area contributed by atoms with Gasteiger partial charge in [0.05, 0.1) is 0 Å². The monoisotopic (exact) mass is 281 g/mol. The zero-order valence-corrected chi connectivity index (χ0v) is 13.7. The average Bonchev–Trinajstić information content (AvgIpc) is 2.36. The van der Waals surface area contributed by atoms with Gasteiger partial charge in [0.1, 0.15) is 11.4 Å². The molecule has 0 amide bonds. The van der Waals surface area contributed by atoms with Crippen molar-refractivity contribution in [1.29, 1.82) is 0 Å². The molecule has 1 aliphatic heterocycles. The van der Waals surface area contributed by atoms with E-state index in [9.17, 15) is 0 Å². The third-order valence-electron chi connectivity index (χ3n) is 4.39. The number of benzene rings is 2. The lowest BCUT2D eigenvalue weighted by Gasteiger charge is -2.38. The highest BCUT2D eigenvalue weighted by Crippen LogP contribution is 2.49. The Morgan fingerprint density at radius 3 is 2.38 bits per heavy atom. The molecule has 0 aliphatic carbocycles. The van der Waals surface area contributed by atoms with Crippen molar-refractivity contribution in [3.05, 3.63) is 47.0 Å². The van der Waals surface area contributed by atoms with Crippen LogP contribution in [-0.4, -0.2) is 14.1 Å². The van der Waals surface area contributed by atoms with Gasteiger partial charge in [-0.3, -0.25) is 0 Å². The molecule has 0 radical (unpaired) electrons. The summed E-state index contributed by atoms with van der Waals surface area (Å²) in [6, 6.07) is 10.7. The van der Waals surface area contributed by atoms with Crippen molar-refractivity contribution in [2.24, 2.45) is 0 Å². The molecule has 0 saturated carbocycles. The molecule has 2 nitrogen and oxygen atoms in total. The average molecular weight is 281 g/mol. The van der Waals surface area contributed by atoms with E-state index in [1.807, 2.05) is 0 Å². The zero-order valence-electron chi connectivity index (χ0n) is 13.7. The molecular weight excluding hydrogens is 258 g/mol. The molecule has 0 bridgehead atoms. The van der Waals surface area contributed by atoms with Crippen LogP contribution in [0.1, 0.15) is 30.5 Å². The normalized spacial score (nSPS) is 15.0. The highest BCUT2D eigenvalue weighted by atomic mass is 16.5. The number of anilines is 1. The molecule has 0 saturated heterocycles. The van der Waals surface area contributed by atoms with Crippen molar-refractivity contribution in [1.82, 2.24) is 0 Å². The molecule has 2 aromatic carbocycles. The van der Waals surface area contributed by atoms with Crippen molar-refractivity contribution < 1.29 is 4.74 Å². The summed E-state index contributed by atoms with van der Waals surface area (Å²) in [7, 11) is 4.18. The number of hydrogen-bond acceptors (Lipinski definition) is 2. The van der Waals surface area contributed by atoms with Gasteiger partial charge in [0.25, 0.3) is 0 Å². The van der Waals surface area contributed by atoms with Gasteiger partial charge in [-0.25, -0.2) is 0 Å². The summed E-state index contributed by atoms with van der Waals surface area (Å²) in [5, 5.41) is 0. The van der Waals surface area contributed by atoms with Crippen molar-refractivity contribution in [2.45, 2.75) is 33.3 Å². The quantitative estimate of drug-likeness (QED) is 0.753. The van der Waals surface area contributed by atoms with Crippen LogP contribution in [0.4, 0.5) is 5.69 Å². The number of rotatable bonds is 1. The molecule has 0 N–H and O–H groups in total. The lowest BCUT2D eigenvalue weighted by atomic mass is 9.81. The maximum Gasteiger partial charge on any atom is 0.129 e. The minimum atomic E-state index is -0.313. The van der Waals surface area contributed by atoms with E-state index in [0.29, 0.717) is 0 Å². The van der Waals surface area contributed by atoms with E-state index in [0.717, 1.165) is 5.75 Å². The Morgan fingerprint density at radius 1 is 1.00 bits per heavy atom. The zero-order chi connectivity index (χ0) is 15.4. The number of nitrogens with zero attached hydrogens (tertiary/aromatic N) is 1. The molecule has 0 unspecified atom stereocenters. The third kappa shape index (κ3) is 2.01. The smallest absolute Gasteiger partial charge is 0.129 e. The minimum absolute atomic E-state index is 0.313. The number of ether oxygens (including phenoxy) is 1. The Morgan fingerprint density at radius 2 is 1.71 bits per heavy atom. The van der Waals surface area contributed by atoms with Gasteiger partial charge in [0, 0.05) is 30.9 Å².